The second-order valence-corrected chi connectivity index (χ2v) is 6.25. The molecule has 1 fully saturated rings. The molecule has 0 atom stereocenters. The van der Waals surface area contributed by atoms with E-state index in [1.165, 1.54) is 0 Å². The number of nitrogens with zero attached hydrogens (tertiary/aromatic N) is 3. The number of carbonyl (C=O) groups is 2. The molecule has 3 amide bonds. The molecular formula is C16H22N4O3. The Morgan fingerprint density at radius 2 is 2.00 bits per heavy atom. The molecular weight excluding hydrogens is 296 g/mol. The van der Waals surface area contributed by atoms with E-state index < -0.39 is 11.9 Å². The molecule has 0 bridgehead atoms. The van der Waals surface area contributed by atoms with Crippen LogP contribution < -0.4 is 5.73 Å². The second kappa shape index (κ2) is 6.54. The van der Waals surface area contributed by atoms with E-state index in [0.717, 1.165) is 48.4 Å². The molecule has 0 radical (unpaired) electrons. The number of rotatable bonds is 2. The summed E-state index contributed by atoms with van der Waals surface area (Å²) in [6.07, 6.45) is 5.47. The third-order valence-corrected chi connectivity index (χ3v) is 4.71. The number of hydroxylamine groups is 2. The van der Waals surface area contributed by atoms with Crippen molar-refractivity contribution in [3.8, 4) is 0 Å². The van der Waals surface area contributed by atoms with E-state index in [2.05, 4.69) is 4.98 Å². The number of hydrogen-bond acceptors (Lipinski definition) is 4. The van der Waals surface area contributed by atoms with Crippen LogP contribution in [0.3, 0.4) is 0 Å². The molecule has 3 N–H and O–H groups in total. The summed E-state index contributed by atoms with van der Waals surface area (Å²) in [6.45, 7) is 0.913. The smallest absolute Gasteiger partial charge is 0.315 e. The number of urea groups is 1. The number of amides is 3. The van der Waals surface area contributed by atoms with Crippen LogP contribution in [0.4, 0.5) is 4.79 Å². The molecule has 7 heteroatoms. The number of pyridine rings is 1. The Hall–Kier alpha value is -2.15. The monoisotopic (exact) mass is 318 g/mol. The normalized spacial score (nSPS) is 18.4. The van der Waals surface area contributed by atoms with Gasteiger partial charge in [0.25, 0.3) is 5.91 Å². The van der Waals surface area contributed by atoms with Gasteiger partial charge in [-0.2, -0.15) is 0 Å². The van der Waals surface area contributed by atoms with Crippen molar-refractivity contribution >= 4 is 11.9 Å². The molecule has 124 valence electrons. The molecule has 1 aliphatic carbocycles. The molecule has 2 aliphatic rings. The first-order valence-electron chi connectivity index (χ1n) is 8.12. The van der Waals surface area contributed by atoms with Crippen LogP contribution in [-0.4, -0.2) is 44.7 Å². The molecule has 1 saturated carbocycles. The van der Waals surface area contributed by atoms with Crippen LogP contribution in [0.25, 0.3) is 0 Å². The molecule has 0 unspecified atom stereocenters. The Labute approximate surface area is 135 Å². The average Bonchev–Trinajstić information content (AvgIpc) is 2.60. The summed E-state index contributed by atoms with van der Waals surface area (Å²) in [5.74, 6) is -0.447. The average molecular weight is 318 g/mol. The second-order valence-electron chi connectivity index (χ2n) is 6.25. The highest BCUT2D eigenvalue weighted by Gasteiger charge is 2.27. The molecule has 1 aromatic rings. The fourth-order valence-corrected chi connectivity index (χ4v) is 3.33. The van der Waals surface area contributed by atoms with Crippen molar-refractivity contribution in [1.29, 1.82) is 0 Å². The van der Waals surface area contributed by atoms with E-state index in [4.69, 9.17) is 5.73 Å². The highest BCUT2D eigenvalue weighted by Crippen LogP contribution is 2.23. The Morgan fingerprint density at radius 3 is 2.70 bits per heavy atom. The van der Waals surface area contributed by atoms with E-state index in [1.807, 2.05) is 0 Å². The van der Waals surface area contributed by atoms with E-state index in [1.54, 1.807) is 17.0 Å². The lowest BCUT2D eigenvalue weighted by atomic mass is 9.95. The summed E-state index contributed by atoms with van der Waals surface area (Å²) in [5, 5.41) is 11.0. The van der Waals surface area contributed by atoms with Gasteiger partial charge in [0.2, 0.25) is 0 Å². The minimum absolute atomic E-state index is 0.112. The van der Waals surface area contributed by atoms with Gasteiger partial charge in [0.1, 0.15) is 5.69 Å². The van der Waals surface area contributed by atoms with Gasteiger partial charge >= 0.3 is 6.03 Å². The third-order valence-electron chi connectivity index (χ3n) is 4.71. The fraction of sp³-hybridized carbons (Fsp3) is 0.562. The summed E-state index contributed by atoms with van der Waals surface area (Å²) < 4.78 is 0. The molecule has 1 aliphatic heterocycles. The van der Waals surface area contributed by atoms with Gasteiger partial charge < -0.3 is 10.6 Å². The van der Waals surface area contributed by atoms with Crippen LogP contribution >= 0.6 is 0 Å². The molecule has 1 aromatic heterocycles. The number of aromatic nitrogens is 1. The van der Waals surface area contributed by atoms with E-state index in [9.17, 15) is 14.8 Å². The maximum absolute atomic E-state index is 12.4. The van der Waals surface area contributed by atoms with Gasteiger partial charge in [-0.05, 0) is 24.5 Å². The Kier molecular flexibility index (Phi) is 4.47. The van der Waals surface area contributed by atoms with Crippen LogP contribution in [0, 0.1) is 0 Å². The van der Waals surface area contributed by atoms with Crippen molar-refractivity contribution in [2.45, 2.75) is 51.1 Å². The van der Waals surface area contributed by atoms with Crippen LogP contribution in [-0.2, 0) is 13.0 Å². The standard InChI is InChI=1S/C16H22N4O3/c17-16(22)19-9-8-13-11(10-19)6-7-14(18-13)15(21)20(23)12-4-2-1-3-5-12/h6-7,12,23H,1-5,8-10H2,(H2,17,22). The van der Waals surface area contributed by atoms with E-state index in [-0.39, 0.29) is 11.7 Å². The van der Waals surface area contributed by atoms with Crippen molar-refractivity contribution < 1.29 is 14.8 Å². The Bertz CT molecular complexity index is 613. The first kappa shape index (κ1) is 15.7. The Balaban J connectivity index is 1.74. The van der Waals surface area contributed by atoms with Crippen molar-refractivity contribution in [3.63, 3.8) is 0 Å². The maximum Gasteiger partial charge on any atom is 0.315 e. The topological polar surface area (TPSA) is 99.8 Å². The van der Waals surface area contributed by atoms with Gasteiger partial charge in [-0.25, -0.2) is 14.8 Å². The first-order valence-corrected chi connectivity index (χ1v) is 8.12. The Morgan fingerprint density at radius 1 is 1.26 bits per heavy atom. The van der Waals surface area contributed by atoms with Crippen molar-refractivity contribution in [1.82, 2.24) is 14.9 Å². The summed E-state index contributed by atoms with van der Waals surface area (Å²) in [4.78, 5) is 29.6. The van der Waals surface area contributed by atoms with Gasteiger partial charge in [-0.15, -0.1) is 0 Å². The van der Waals surface area contributed by atoms with Gasteiger partial charge in [-0.1, -0.05) is 25.3 Å². The summed E-state index contributed by atoms with van der Waals surface area (Å²) in [6, 6.07) is 2.84. The molecule has 0 spiro atoms. The number of hydrogen-bond donors (Lipinski definition) is 2. The lowest BCUT2D eigenvalue weighted by Gasteiger charge is -2.29. The zero-order valence-electron chi connectivity index (χ0n) is 13.1. The predicted octanol–water partition coefficient (Wildman–Crippen LogP) is 1.68. The number of fused-ring (bicyclic) bond motifs is 1. The molecule has 3 rings (SSSR count). The highest BCUT2D eigenvalue weighted by molar-refractivity contribution is 5.91. The minimum atomic E-state index is -0.449. The molecule has 23 heavy (non-hydrogen) atoms. The minimum Gasteiger partial charge on any atom is -0.351 e. The number of primary amides is 1. The number of carbonyl (C=O) groups excluding carboxylic acids is 2. The zero-order chi connectivity index (χ0) is 16.4. The lowest BCUT2D eigenvalue weighted by molar-refractivity contribution is -0.0967. The molecule has 7 nitrogen and oxygen atoms in total. The largest absolute Gasteiger partial charge is 0.351 e. The van der Waals surface area contributed by atoms with Crippen LogP contribution in [0.1, 0.15) is 53.8 Å². The fourth-order valence-electron chi connectivity index (χ4n) is 3.33. The van der Waals surface area contributed by atoms with Gasteiger partial charge in [0, 0.05) is 25.2 Å². The van der Waals surface area contributed by atoms with E-state index in [0.29, 0.717) is 19.5 Å². The summed E-state index contributed by atoms with van der Waals surface area (Å²) >= 11 is 0. The lowest BCUT2D eigenvalue weighted by Crippen LogP contribution is -2.41. The van der Waals surface area contributed by atoms with Crippen molar-refractivity contribution in [3.05, 3.63) is 29.1 Å². The summed E-state index contributed by atoms with van der Waals surface area (Å²) in [7, 11) is 0. The molecule has 0 saturated heterocycles. The highest BCUT2D eigenvalue weighted by atomic mass is 16.5. The third kappa shape index (κ3) is 3.29. The molecule has 0 aromatic carbocycles. The zero-order valence-corrected chi connectivity index (χ0v) is 13.1. The van der Waals surface area contributed by atoms with Crippen molar-refractivity contribution in [2.75, 3.05) is 6.54 Å². The van der Waals surface area contributed by atoms with Crippen molar-refractivity contribution in [2.24, 2.45) is 5.73 Å². The quantitative estimate of drug-likeness (QED) is 0.640. The van der Waals surface area contributed by atoms with Crippen LogP contribution in [0.2, 0.25) is 0 Å². The van der Waals surface area contributed by atoms with Gasteiger partial charge in [-0.3, -0.25) is 10.0 Å². The van der Waals surface area contributed by atoms with E-state index >= 15 is 0 Å². The molecule has 2 heterocycles. The maximum atomic E-state index is 12.4. The summed E-state index contributed by atoms with van der Waals surface area (Å²) in [5.41, 5.74) is 7.25. The van der Waals surface area contributed by atoms with Gasteiger partial charge in [0.15, 0.2) is 0 Å². The van der Waals surface area contributed by atoms with Crippen LogP contribution in [0.15, 0.2) is 12.1 Å². The predicted molar refractivity (Wildman–Crippen MR) is 82.8 cm³/mol. The SMILES string of the molecule is NC(=O)N1CCc2nc(C(=O)N(O)C3CCCCC3)ccc2C1. The van der Waals surface area contributed by atoms with Crippen LogP contribution in [0.5, 0.6) is 0 Å². The number of nitrogens with two attached hydrogens (primary N) is 1. The van der Waals surface area contributed by atoms with Gasteiger partial charge in [0.05, 0.1) is 6.04 Å². The first-order chi connectivity index (χ1) is 11.1.